The van der Waals surface area contributed by atoms with Crippen LogP contribution < -0.4 is 5.32 Å². The summed E-state index contributed by atoms with van der Waals surface area (Å²) in [5, 5.41) is 3.42. The predicted molar refractivity (Wildman–Crippen MR) is 99.3 cm³/mol. The van der Waals surface area contributed by atoms with Crippen molar-refractivity contribution in [3.8, 4) is 0 Å². The first-order valence-corrected chi connectivity index (χ1v) is 9.01. The fourth-order valence-corrected chi connectivity index (χ4v) is 3.56. The van der Waals surface area contributed by atoms with Gasteiger partial charge in [-0.1, -0.05) is 60.7 Å². The molecule has 1 saturated heterocycles. The molecule has 0 aromatic heterocycles. The van der Waals surface area contributed by atoms with E-state index in [0.717, 1.165) is 19.6 Å². The fourth-order valence-electron chi connectivity index (χ4n) is 3.56. The number of rotatable bonds is 6. The van der Waals surface area contributed by atoms with Crippen LogP contribution in [0.1, 0.15) is 30.5 Å². The van der Waals surface area contributed by atoms with E-state index in [1.165, 1.54) is 11.1 Å². The molecule has 132 valence electrons. The number of ether oxygens (including phenoxy) is 1. The van der Waals surface area contributed by atoms with Crippen molar-refractivity contribution in [1.29, 1.82) is 0 Å². The Morgan fingerprint density at radius 2 is 1.72 bits per heavy atom. The summed E-state index contributed by atoms with van der Waals surface area (Å²) in [6, 6.07) is 21.3. The van der Waals surface area contributed by atoms with E-state index in [2.05, 4.69) is 58.7 Å². The highest BCUT2D eigenvalue weighted by Crippen LogP contribution is 2.31. The molecule has 2 aromatic rings. The Kier molecular flexibility index (Phi) is 6.20. The maximum absolute atomic E-state index is 12.1. The molecule has 1 N–H and O–H groups in total. The Labute approximate surface area is 149 Å². The van der Waals surface area contributed by atoms with Crippen LogP contribution in [0.5, 0.6) is 0 Å². The second-order valence-corrected chi connectivity index (χ2v) is 6.33. The van der Waals surface area contributed by atoms with E-state index < -0.39 is 0 Å². The molecule has 0 amide bonds. The zero-order chi connectivity index (χ0) is 17.5. The molecule has 1 atom stereocenters. The molecule has 4 nitrogen and oxygen atoms in total. The summed E-state index contributed by atoms with van der Waals surface area (Å²) in [5.41, 5.74) is 2.51. The molecular formula is C21H26N2O2. The van der Waals surface area contributed by atoms with Crippen LogP contribution in [0.4, 0.5) is 0 Å². The topological polar surface area (TPSA) is 41.6 Å². The zero-order valence-electron chi connectivity index (χ0n) is 14.7. The molecule has 1 unspecified atom stereocenters. The van der Waals surface area contributed by atoms with E-state index in [0.29, 0.717) is 13.0 Å². The van der Waals surface area contributed by atoms with Crippen LogP contribution in [0.2, 0.25) is 0 Å². The SMILES string of the molecule is CCOC(=O)CC1CNCCN1C(c1ccccc1)c1ccccc1. The van der Waals surface area contributed by atoms with Gasteiger partial charge in [-0.25, -0.2) is 0 Å². The monoisotopic (exact) mass is 338 g/mol. The van der Waals surface area contributed by atoms with Crippen molar-refractivity contribution >= 4 is 5.97 Å². The number of esters is 1. The average molecular weight is 338 g/mol. The molecule has 0 bridgehead atoms. The van der Waals surface area contributed by atoms with Crippen LogP contribution in [-0.2, 0) is 9.53 Å². The van der Waals surface area contributed by atoms with Gasteiger partial charge in [-0.15, -0.1) is 0 Å². The van der Waals surface area contributed by atoms with E-state index in [-0.39, 0.29) is 18.1 Å². The van der Waals surface area contributed by atoms with Gasteiger partial charge in [-0.3, -0.25) is 9.69 Å². The number of carbonyl (C=O) groups is 1. The summed E-state index contributed by atoms with van der Waals surface area (Å²) in [6.45, 7) is 4.91. The van der Waals surface area contributed by atoms with E-state index >= 15 is 0 Å². The maximum Gasteiger partial charge on any atom is 0.307 e. The average Bonchev–Trinajstić information content (AvgIpc) is 2.65. The lowest BCUT2D eigenvalue weighted by molar-refractivity contribution is -0.144. The van der Waals surface area contributed by atoms with Crippen LogP contribution >= 0.6 is 0 Å². The molecule has 0 radical (unpaired) electrons. The summed E-state index contributed by atoms with van der Waals surface area (Å²) >= 11 is 0. The Hall–Kier alpha value is -2.17. The number of piperazine rings is 1. The maximum atomic E-state index is 12.1. The van der Waals surface area contributed by atoms with E-state index in [1.54, 1.807) is 0 Å². The van der Waals surface area contributed by atoms with Gasteiger partial charge in [-0.2, -0.15) is 0 Å². The number of hydrogen-bond donors (Lipinski definition) is 1. The fraction of sp³-hybridized carbons (Fsp3) is 0.381. The normalized spacial score (nSPS) is 18.2. The van der Waals surface area contributed by atoms with Gasteiger partial charge >= 0.3 is 5.97 Å². The van der Waals surface area contributed by atoms with E-state index in [1.807, 2.05) is 19.1 Å². The standard InChI is InChI=1S/C21H26N2O2/c1-2-25-20(24)15-19-16-22-13-14-23(19)21(17-9-5-3-6-10-17)18-11-7-4-8-12-18/h3-12,19,21-22H,2,13-16H2,1H3. The minimum Gasteiger partial charge on any atom is -0.466 e. The van der Waals surface area contributed by atoms with E-state index in [4.69, 9.17) is 4.74 Å². The Morgan fingerprint density at radius 3 is 2.28 bits per heavy atom. The van der Waals surface area contributed by atoms with Crippen molar-refractivity contribution in [1.82, 2.24) is 10.2 Å². The highest BCUT2D eigenvalue weighted by atomic mass is 16.5. The number of benzene rings is 2. The van der Waals surface area contributed by atoms with Gasteiger partial charge in [0.15, 0.2) is 0 Å². The quantitative estimate of drug-likeness (QED) is 0.822. The lowest BCUT2D eigenvalue weighted by Crippen LogP contribution is -2.53. The Bertz CT molecular complexity index is 621. The smallest absolute Gasteiger partial charge is 0.307 e. The van der Waals surface area contributed by atoms with Crippen molar-refractivity contribution in [3.05, 3.63) is 71.8 Å². The highest BCUT2D eigenvalue weighted by Gasteiger charge is 2.32. The van der Waals surface area contributed by atoms with Gasteiger partial charge in [0.2, 0.25) is 0 Å². The predicted octanol–water partition coefficient (Wildman–Crippen LogP) is 3.00. The first-order chi connectivity index (χ1) is 12.3. The van der Waals surface area contributed by atoms with Gasteiger partial charge in [0.25, 0.3) is 0 Å². The molecule has 25 heavy (non-hydrogen) atoms. The van der Waals surface area contributed by atoms with Gasteiger partial charge in [0.1, 0.15) is 0 Å². The molecule has 0 saturated carbocycles. The molecule has 1 aliphatic heterocycles. The molecule has 0 spiro atoms. The minimum atomic E-state index is -0.124. The van der Waals surface area contributed by atoms with Crippen LogP contribution in [0.25, 0.3) is 0 Å². The lowest BCUT2D eigenvalue weighted by Gasteiger charge is -2.41. The van der Waals surface area contributed by atoms with Crippen molar-refractivity contribution in [2.24, 2.45) is 0 Å². The molecule has 1 aliphatic rings. The number of hydrogen-bond acceptors (Lipinski definition) is 4. The molecule has 1 fully saturated rings. The third kappa shape index (κ3) is 4.47. The zero-order valence-corrected chi connectivity index (χ0v) is 14.7. The highest BCUT2D eigenvalue weighted by molar-refractivity contribution is 5.70. The summed E-state index contributed by atoms with van der Waals surface area (Å²) in [7, 11) is 0. The Morgan fingerprint density at radius 1 is 1.12 bits per heavy atom. The molecule has 1 heterocycles. The van der Waals surface area contributed by atoms with Gasteiger partial charge in [0.05, 0.1) is 19.1 Å². The third-order valence-electron chi connectivity index (χ3n) is 4.67. The number of nitrogens with one attached hydrogen (secondary N) is 1. The van der Waals surface area contributed by atoms with Crippen molar-refractivity contribution in [3.63, 3.8) is 0 Å². The van der Waals surface area contributed by atoms with Crippen molar-refractivity contribution in [2.45, 2.75) is 25.4 Å². The van der Waals surface area contributed by atoms with Crippen LogP contribution in [0.15, 0.2) is 60.7 Å². The molecule has 3 rings (SSSR count). The minimum absolute atomic E-state index is 0.123. The van der Waals surface area contributed by atoms with Crippen LogP contribution in [0, 0.1) is 0 Å². The summed E-state index contributed by atoms with van der Waals surface area (Å²) in [5.74, 6) is -0.124. The van der Waals surface area contributed by atoms with Gasteiger partial charge in [-0.05, 0) is 18.1 Å². The van der Waals surface area contributed by atoms with E-state index in [9.17, 15) is 4.79 Å². The summed E-state index contributed by atoms with van der Waals surface area (Å²) in [4.78, 5) is 14.5. The second-order valence-electron chi connectivity index (χ2n) is 6.33. The third-order valence-corrected chi connectivity index (χ3v) is 4.67. The first kappa shape index (κ1) is 17.6. The number of nitrogens with zero attached hydrogens (tertiary/aromatic N) is 1. The number of carbonyl (C=O) groups excluding carboxylic acids is 1. The van der Waals surface area contributed by atoms with Crippen LogP contribution in [0.3, 0.4) is 0 Å². The van der Waals surface area contributed by atoms with Crippen LogP contribution in [-0.4, -0.2) is 43.2 Å². The van der Waals surface area contributed by atoms with Crippen molar-refractivity contribution in [2.75, 3.05) is 26.2 Å². The van der Waals surface area contributed by atoms with Gasteiger partial charge in [0, 0.05) is 25.7 Å². The molecular weight excluding hydrogens is 312 g/mol. The largest absolute Gasteiger partial charge is 0.466 e. The second kappa shape index (κ2) is 8.79. The van der Waals surface area contributed by atoms with Gasteiger partial charge < -0.3 is 10.1 Å². The Balaban J connectivity index is 1.91. The summed E-state index contributed by atoms with van der Waals surface area (Å²) in [6.07, 6.45) is 0.414. The molecule has 0 aliphatic carbocycles. The first-order valence-electron chi connectivity index (χ1n) is 9.01. The van der Waals surface area contributed by atoms with Crippen molar-refractivity contribution < 1.29 is 9.53 Å². The lowest BCUT2D eigenvalue weighted by atomic mass is 9.94. The molecule has 4 heteroatoms. The molecule has 2 aromatic carbocycles. The summed E-state index contributed by atoms with van der Waals surface area (Å²) < 4.78 is 5.19.